The van der Waals surface area contributed by atoms with E-state index in [9.17, 15) is 5.11 Å². The number of aromatic nitrogens is 2. The lowest BCUT2D eigenvalue weighted by Gasteiger charge is -2.19. The number of aryl methyl sites for hydroxylation is 1. The third-order valence-corrected chi connectivity index (χ3v) is 3.83. The molecule has 0 saturated carbocycles. The quantitative estimate of drug-likeness (QED) is 0.877. The normalized spacial score (nSPS) is 19.1. The lowest BCUT2D eigenvalue weighted by atomic mass is 10.1. The van der Waals surface area contributed by atoms with Crippen molar-refractivity contribution in [2.45, 2.75) is 25.5 Å². The van der Waals surface area contributed by atoms with Crippen molar-refractivity contribution in [2.24, 2.45) is 0 Å². The molecule has 1 unspecified atom stereocenters. The van der Waals surface area contributed by atoms with E-state index < -0.39 is 6.23 Å². The standard InChI is InChI=1S/C13H13BrN2O/c14-10-5-2-1-4-9(10)11-8-16-12(15-11)6-3-7-13(16)17/h1-2,4-5,8,13,17H,3,6-7H2. The van der Waals surface area contributed by atoms with E-state index in [2.05, 4.69) is 20.9 Å². The highest BCUT2D eigenvalue weighted by atomic mass is 79.9. The minimum Gasteiger partial charge on any atom is -0.373 e. The Morgan fingerprint density at radius 3 is 2.94 bits per heavy atom. The second-order valence-corrected chi connectivity index (χ2v) is 5.16. The summed E-state index contributed by atoms with van der Waals surface area (Å²) in [5, 5.41) is 9.90. The number of fused-ring (bicyclic) bond motifs is 1. The molecule has 88 valence electrons. The monoisotopic (exact) mass is 292 g/mol. The molecule has 1 aliphatic heterocycles. The van der Waals surface area contributed by atoms with Crippen molar-refractivity contribution >= 4 is 15.9 Å². The van der Waals surface area contributed by atoms with E-state index in [-0.39, 0.29) is 0 Å². The number of hydrogen-bond acceptors (Lipinski definition) is 2. The zero-order valence-electron chi connectivity index (χ0n) is 9.31. The van der Waals surface area contributed by atoms with Gasteiger partial charge in [-0.05, 0) is 18.9 Å². The Balaban J connectivity index is 2.08. The fourth-order valence-electron chi connectivity index (χ4n) is 2.26. The van der Waals surface area contributed by atoms with Crippen LogP contribution in [0.2, 0.25) is 0 Å². The highest BCUT2D eigenvalue weighted by molar-refractivity contribution is 9.10. The highest BCUT2D eigenvalue weighted by Crippen LogP contribution is 2.30. The van der Waals surface area contributed by atoms with Crippen molar-refractivity contribution in [1.82, 2.24) is 9.55 Å². The minimum absolute atomic E-state index is 0.414. The number of halogens is 1. The third-order valence-electron chi connectivity index (χ3n) is 3.14. The Kier molecular flexibility index (Phi) is 2.76. The van der Waals surface area contributed by atoms with Gasteiger partial charge in [-0.15, -0.1) is 0 Å². The average Bonchev–Trinajstić information content (AvgIpc) is 2.75. The van der Waals surface area contributed by atoms with Crippen LogP contribution in [0.15, 0.2) is 34.9 Å². The fraction of sp³-hybridized carbons (Fsp3) is 0.308. The van der Waals surface area contributed by atoms with Gasteiger partial charge < -0.3 is 9.67 Å². The Morgan fingerprint density at radius 1 is 1.35 bits per heavy atom. The van der Waals surface area contributed by atoms with Crippen LogP contribution in [0.1, 0.15) is 24.9 Å². The zero-order chi connectivity index (χ0) is 11.8. The third kappa shape index (κ3) is 1.91. The first kappa shape index (κ1) is 11.0. The zero-order valence-corrected chi connectivity index (χ0v) is 10.9. The van der Waals surface area contributed by atoms with Crippen molar-refractivity contribution in [2.75, 3.05) is 0 Å². The van der Waals surface area contributed by atoms with Gasteiger partial charge in [0.05, 0.1) is 5.69 Å². The Labute approximate surface area is 108 Å². The van der Waals surface area contributed by atoms with E-state index in [1.807, 2.05) is 35.0 Å². The molecular formula is C13H13BrN2O. The number of aliphatic hydroxyl groups excluding tert-OH is 1. The maximum atomic E-state index is 9.90. The van der Waals surface area contributed by atoms with Crippen LogP contribution in [0.4, 0.5) is 0 Å². The van der Waals surface area contributed by atoms with Crippen molar-refractivity contribution in [3.05, 3.63) is 40.8 Å². The molecule has 1 aromatic heterocycles. The smallest absolute Gasteiger partial charge is 0.131 e. The second kappa shape index (κ2) is 4.27. The van der Waals surface area contributed by atoms with Crippen LogP contribution in [0.3, 0.4) is 0 Å². The predicted octanol–water partition coefficient (Wildman–Crippen LogP) is 3.14. The average molecular weight is 293 g/mol. The maximum Gasteiger partial charge on any atom is 0.131 e. The van der Waals surface area contributed by atoms with Crippen LogP contribution >= 0.6 is 15.9 Å². The molecule has 0 aliphatic carbocycles. The molecule has 17 heavy (non-hydrogen) atoms. The topological polar surface area (TPSA) is 38.1 Å². The summed E-state index contributed by atoms with van der Waals surface area (Å²) in [6.07, 6.45) is 4.30. The van der Waals surface area contributed by atoms with Crippen LogP contribution in [0, 0.1) is 0 Å². The van der Waals surface area contributed by atoms with Crippen LogP contribution < -0.4 is 0 Å². The van der Waals surface area contributed by atoms with Crippen molar-refractivity contribution in [1.29, 1.82) is 0 Å². The molecule has 3 nitrogen and oxygen atoms in total. The van der Waals surface area contributed by atoms with E-state index in [1.165, 1.54) is 0 Å². The summed E-state index contributed by atoms with van der Waals surface area (Å²) in [6, 6.07) is 8.02. The van der Waals surface area contributed by atoms with Crippen LogP contribution in [-0.2, 0) is 6.42 Å². The summed E-state index contributed by atoms with van der Waals surface area (Å²) in [5.74, 6) is 0.981. The fourth-order valence-corrected chi connectivity index (χ4v) is 2.74. The van der Waals surface area contributed by atoms with Gasteiger partial charge in [-0.1, -0.05) is 34.1 Å². The number of benzene rings is 1. The van der Waals surface area contributed by atoms with E-state index in [1.54, 1.807) is 0 Å². The number of imidazole rings is 1. The molecule has 1 aliphatic rings. The van der Waals surface area contributed by atoms with Gasteiger partial charge in [0.1, 0.15) is 12.1 Å². The molecule has 0 saturated heterocycles. The molecule has 0 radical (unpaired) electrons. The molecule has 1 atom stereocenters. The molecule has 0 spiro atoms. The minimum atomic E-state index is -0.414. The largest absolute Gasteiger partial charge is 0.373 e. The van der Waals surface area contributed by atoms with Gasteiger partial charge in [0.2, 0.25) is 0 Å². The maximum absolute atomic E-state index is 9.90. The van der Waals surface area contributed by atoms with Crippen LogP contribution in [0.5, 0.6) is 0 Å². The molecule has 2 heterocycles. The van der Waals surface area contributed by atoms with Gasteiger partial charge in [-0.2, -0.15) is 0 Å². The van der Waals surface area contributed by atoms with E-state index in [0.29, 0.717) is 0 Å². The number of nitrogens with zero attached hydrogens (tertiary/aromatic N) is 2. The number of hydrogen-bond donors (Lipinski definition) is 1. The van der Waals surface area contributed by atoms with Gasteiger partial charge in [0.25, 0.3) is 0 Å². The molecule has 0 fully saturated rings. The molecule has 1 aromatic carbocycles. The van der Waals surface area contributed by atoms with Gasteiger partial charge in [0, 0.05) is 22.7 Å². The molecule has 2 aromatic rings. The Hall–Kier alpha value is -1.13. The van der Waals surface area contributed by atoms with Crippen LogP contribution in [-0.4, -0.2) is 14.7 Å². The number of aliphatic hydroxyl groups is 1. The lowest BCUT2D eigenvalue weighted by Crippen LogP contribution is -2.16. The second-order valence-electron chi connectivity index (χ2n) is 4.30. The summed E-state index contributed by atoms with van der Waals surface area (Å²) in [4.78, 5) is 4.61. The first-order valence-corrected chi connectivity index (χ1v) is 6.56. The summed E-state index contributed by atoms with van der Waals surface area (Å²) in [6.45, 7) is 0. The van der Waals surface area contributed by atoms with E-state index >= 15 is 0 Å². The molecule has 4 heteroatoms. The van der Waals surface area contributed by atoms with E-state index in [0.717, 1.165) is 40.8 Å². The molecule has 0 amide bonds. The SMILES string of the molecule is OC1CCCc2nc(-c3ccccc3Br)cn21. The van der Waals surface area contributed by atoms with Gasteiger partial charge in [0.15, 0.2) is 0 Å². The van der Waals surface area contributed by atoms with Gasteiger partial charge in [-0.3, -0.25) is 0 Å². The first-order valence-electron chi connectivity index (χ1n) is 5.76. The Bertz CT molecular complexity index is 550. The summed E-state index contributed by atoms with van der Waals surface area (Å²) < 4.78 is 2.92. The highest BCUT2D eigenvalue weighted by Gasteiger charge is 2.20. The molecular weight excluding hydrogens is 280 g/mol. The van der Waals surface area contributed by atoms with Crippen LogP contribution in [0.25, 0.3) is 11.3 Å². The Morgan fingerprint density at radius 2 is 2.18 bits per heavy atom. The summed E-state index contributed by atoms with van der Waals surface area (Å²) >= 11 is 3.53. The molecule has 1 N–H and O–H groups in total. The summed E-state index contributed by atoms with van der Waals surface area (Å²) in [5.41, 5.74) is 2.00. The molecule has 3 rings (SSSR count). The summed E-state index contributed by atoms with van der Waals surface area (Å²) in [7, 11) is 0. The first-order chi connectivity index (χ1) is 8.25. The van der Waals surface area contributed by atoms with Gasteiger partial charge >= 0.3 is 0 Å². The predicted molar refractivity (Wildman–Crippen MR) is 69.6 cm³/mol. The van der Waals surface area contributed by atoms with Crippen molar-refractivity contribution < 1.29 is 5.11 Å². The molecule has 0 bridgehead atoms. The number of rotatable bonds is 1. The van der Waals surface area contributed by atoms with E-state index in [4.69, 9.17) is 0 Å². The van der Waals surface area contributed by atoms with Crippen molar-refractivity contribution in [3.63, 3.8) is 0 Å². The van der Waals surface area contributed by atoms with Gasteiger partial charge in [-0.25, -0.2) is 4.98 Å². The van der Waals surface area contributed by atoms with Crippen molar-refractivity contribution in [3.8, 4) is 11.3 Å². The lowest BCUT2D eigenvalue weighted by molar-refractivity contribution is 0.0781.